The van der Waals surface area contributed by atoms with E-state index in [1.54, 1.807) is 12.4 Å². The lowest BCUT2D eigenvalue weighted by atomic mass is 9.99. The average Bonchev–Trinajstić information content (AvgIpc) is 2.13. The second-order valence-corrected chi connectivity index (χ2v) is 5.78. The summed E-state index contributed by atoms with van der Waals surface area (Å²) in [5, 5.41) is 0. The molecule has 1 aliphatic rings. The Hall–Kier alpha value is -1.36. The fourth-order valence-corrected chi connectivity index (χ4v) is 2.44. The smallest absolute Gasteiger partial charge is 0.147 e. The van der Waals surface area contributed by atoms with E-state index < -0.39 is 0 Å². The minimum atomic E-state index is -0.190. The van der Waals surface area contributed by atoms with Crippen LogP contribution in [-0.2, 0) is 4.74 Å². The number of hydrogen-bond donors (Lipinski definition) is 1. The van der Waals surface area contributed by atoms with E-state index in [1.165, 1.54) is 0 Å². The van der Waals surface area contributed by atoms with Crippen LogP contribution in [0.1, 0.15) is 27.7 Å². The van der Waals surface area contributed by atoms with E-state index in [0.717, 1.165) is 18.9 Å². The highest BCUT2D eigenvalue weighted by molar-refractivity contribution is 5.41. The first-order valence-electron chi connectivity index (χ1n) is 5.80. The number of hydrogen-bond acceptors (Lipinski definition) is 5. The number of nitrogens with zero attached hydrogens (tertiary/aromatic N) is 3. The van der Waals surface area contributed by atoms with Gasteiger partial charge in [-0.15, -0.1) is 0 Å². The van der Waals surface area contributed by atoms with Crippen LogP contribution in [0, 0.1) is 0 Å². The Kier molecular flexibility index (Phi) is 2.73. The zero-order valence-electron chi connectivity index (χ0n) is 10.9. The molecule has 0 spiro atoms. The highest BCUT2D eigenvalue weighted by atomic mass is 16.5. The van der Waals surface area contributed by atoms with Gasteiger partial charge in [-0.05, 0) is 27.7 Å². The molecule has 5 heteroatoms. The fourth-order valence-electron chi connectivity index (χ4n) is 2.44. The minimum Gasteiger partial charge on any atom is -0.382 e. The van der Waals surface area contributed by atoms with Crippen LogP contribution in [0.2, 0.25) is 0 Å². The Labute approximate surface area is 102 Å². The van der Waals surface area contributed by atoms with Gasteiger partial charge in [0.1, 0.15) is 11.6 Å². The molecule has 1 aromatic rings. The van der Waals surface area contributed by atoms with Crippen LogP contribution < -0.4 is 10.6 Å². The molecule has 1 saturated heterocycles. The second-order valence-electron chi connectivity index (χ2n) is 5.78. The van der Waals surface area contributed by atoms with E-state index in [0.29, 0.717) is 5.82 Å². The van der Waals surface area contributed by atoms with Gasteiger partial charge in [-0.3, -0.25) is 0 Å². The number of nitrogen functional groups attached to an aromatic ring is 1. The largest absolute Gasteiger partial charge is 0.382 e. The predicted octanol–water partition coefficient (Wildman–Crippen LogP) is 1.45. The molecule has 0 radical (unpaired) electrons. The molecule has 0 atom stereocenters. The first-order chi connectivity index (χ1) is 7.77. The van der Waals surface area contributed by atoms with E-state index in [4.69, 9.17) is 10.5 Å². The maximum atomic E-state index is 6.02. The van der Waals surface area contributed by atoms with Gasteiger partial charge >= 0.3 is 0 Å². The van der Waals surface area contributed by atoms with Crippen molar-refractivity contribution in [1.82, 2.24) is 9.97 Å². The van der Waals surface area contributed by atoms with Crippen molar-refractivity contribution in [3.8, 4) is 0 Å². The Balaban J connectivity index is 2.24. The summed E-state index contributed by atoms with van der Waals surface area (Å²) in [4.78, 5) is 10.6. The highest BCUT2D eigenvalue weighted by Gasteiger charge is 2.38. The van der Waals surface area contributed by atoms with Crippen LogP contribution in [0.4, 0.5) is 11.6 Å². The molecule has 0 amide bonds. The number of anilines is 2. The molecule has 1 aliphatic heterocycles. The standard InChI is InChI=1S/C12H20N4O/c1-11(2)7-16(8-12(3,4)17-11)10-6-14-9(13)5-15-10/h5-6H,7-8H2,1-4H3,(H2,13,14). The summed E-state index contributed by atoms with van der Waals surface area (Å²) < 4.78 is 6.02. The summed E-state index contributed by atoms with van der Waals surface area (Å²) in [5.41, 5.74) is 5.17. The molecule has 17 heavy (non-hydrogen) atoms. The van der Waals surface area contributed by atoms with E-state index in [2.05, 4.69) is 42.6 Å². The molecule has 0 unspecified atom stereocenters. The van der Waals surface area contributed by atoms with E-state index in [9.17, 15) is 0 Å². The monoisotopic (exact) mass is 236 g/mol. The Morgan fingerprint density at radius 2 is 1.71 bits per heavy atom. The molecular weight excluding hydrogens is 216 g/mol. The lowest BCUT2D eigenvalue weighted by Crippen LogP contribution is -2.57. The third-order valence-electron chi connectivity index (χ3n) is 2.68. The van der Waals surface area contributed by atoms with Crippen LogP contribution in [0.5, 0.6) is 0 Å². The van der Waals surface area contributed by atoms with Crippen LogP contribution in [0.15, 0.2) is 12.4 Å². The summed E-state index contributed by atoms with van der Waals surface area (Å²) in [6.07, 6.45) is 3.30. The van der Waals surface area contributed by atoms with Crippen molar-refractivity contribution in [1.29, 1.82) is 0 Å². The predicted molar refractivity (Wildman–Crippen MR) is 67.9 cm³/mol. The number of rotatable bonds is 1. The van der Waals surface area contributed by atoms with Gasteiger partial charge < -0.3 is 15.4 Å². The zero-order valence-corrected chi connectivity index (χ0v) is 10.9. The normalized spacial score (nSPS) is 22.5. The van der Waals surface area contributed by atoms with E-state index >= 15 is 0 Å². The van der Waals surface area contributed by atoms with Crippen molar-refractivity contribution >= 4 is 11.6 Å². The van der Waals surface area contributed by atoms with Gasteiger partial charge in [0.15, 0.2) is 0 Å². The Morgan fingerprint density at radius 3 is 2.18 bits per heavy atom. The van der Waals surface area contributed by atoms with Crippen molar-refractivity contribution in [3.63, 3.8) is 0 Å². The number of nitrogens with two attached hydrogens (primary N) is 1. The summed E-state index contributed by atoms with van der Waals surface area (Å²) in [5.74, 6) is 1.30. The van der Waals surface area contributed by atoms with Gasteiger partial charge in [0.25, 0.3) is 0 Å². The van der Waals surface area contributed by atoms with Crippen molar-refractivity contribution in [3.05, 3.63) is 12.4 Å². The van der Waals surface area contributed by atoms with Crippen LogP contribution in [0.25, 0.3) is 0 Å². The van der Waals surface area contributed by atoms with Crippen LogP contribution in [-0.4, -0.2) is 34.3 Å². The molecule has 5 nitrogen and oxygen atoms in total. The fraction of sp³-hybridized carbons (Fsp3) is 0.667. The molecule has 0 aliphatic carbocycles. The molecule has 2 heterocycles. The molecule has 0 aromatic carbocycles. The van der Waals surface area contributed by atoms with Gasteiger partial charge in [0, 0.05) is 13.1 Å². The van der Waals surface area contributed by atoms with Crippen LogP contribution in [0.3, 0.4) is 0 Å². The lowest BCUT2D eigenvalue weighted by Gasteiger charge is -2.47. The van der Waals surface area contributed by atoms with Gasteiger partial charge in [0.2, 0.25) is 0 Å². The van der Waals surface area contributed by atoms with Gasteiger partial charge in [-0.1, -0.05) is 0 Å². The number of morpholine rings is 1. The average molecular weight is 236 g/mol. The maximum absolute atomic E-state index is 6.02. The molecule has 0 bridgehead atoms. The molecule has 1 fully saturated rings. The molecule has 2 rings (SSSR count). The molecule has 2 N–H and O–H groups in total. The quantitative estimate of drug-likeness (QED) is 0.799. The molecule has 0 saturated carbocycles. The maximum Gasteiger partial charge on any atom is 0.147 e. The zero-order chi connectivity index (χ0) is 12.7. The summed E-state index contributed by atoms with van der Waals surface area (Å²) in [6.45, 7) is 9.96. The first kappa shape index (κ1) is 12.1. The van der Waals surface area contributed by atoms with Crippen molar-refractivity contribution < 1.29 is 4.74 Å². The Morgan fingerprint density at radius 1 is 1.12 bits per heavy atom. The molecule has 1 aromatic heterocycles. The minimum absolute atomic E-state index is 0.190. The number of ether oxygens (including phenoxy) is 1. The topological polar surface area (TPSA) is 64.3 Å². The van der Waals surface area contributed by atoms with E-state index in [-0.39, 0.29) is 11.2 Å². The van der Waals surface area contributed by atoms with E-state index in [1.807, 2.05) is 0 Å². The summed E-state index contributed by atoms with van der Waals surface area (Å²) >= 11 is 0. The number of aromatic nitrogens is 2. The highest BCUT2D eigenvalue weighted by Crippen LogP contribution is 2.30. The van der Waals surface area contributed by atoms with Crippen molar-refractivity contribution in [2.45, 2.75) is 38.9 Å². The van der Waals surface area contributed by atoms with Gasteiger partial charge in [-0.2, -0.15) is 0 Å². The Bertz CT molecular complexity index is 383. The third kappa shape index (κ3) is 2.85. The SMILES string of the molecule is CC1(C)CN(c2cnc(N)cn2)CC(C)(C)O1. The van der Waals surface area contributed by atoms with Crippen LogP contribution >= 0.6 is 0 Å². The lowest BCUT2D eigenvalue weighted by molar-refractivity contribution is -0.133. The van der Waals surface area contributed by atoms with Crippen molar-refractivity contribution in [2.24, 2.45) is 0 Å². The first-order valence-corrected chi connectivity index (χ1v) is 5.80. The van der Waals surface area contributed by atoms with Gasteiger partial charge in [-0.25, -0.2) is 9.97 Å². The van der Waals surface area contributed by atoms with Crippen molar-refractivity contribution in [2.75, 3.05) is 23.7 Å². The van der Waals surface area contributed by atoms with Gasteiger partial charge in [0.05, 0.1) is 23.6 Å². The molecular formula is C12H20N4O. The summed E-state index contributed by atoms with van der Waals surface area (Å²) in [7, 11) is 0. The third-order valence-corrected chi connectivity index (χ3v) is 2.68. The molecule has 94 valence electrons. The second kappa shape index (κ2) is 3.84. The summed E-state index contributed by atoms with van der Waals surface area (Å²) in [6, 6.07) is 0.